The van der Waals surface area contributed by atoms with Gasteiger partial charge >= 0.3 is 0 Å². The van der Waals surface area contributed by atoms with Crippen molar-refractivity contribution in [2.75, 3.05) is 26.7 Å². The minimum absolute atomic E-state index is 0.00154. The molecule has 2 heterocycles. The van der Waals surface area contributed by atoms with Crippen LogP contribution in [-0.2, 0) is 17.6 Å². The highest BCUT2D eigenvalue weighted by Gasteiger charge is 2.27. The molecule has 0 saturated carbocycles. The fourth-order valence-electron chi connectivity index (χ4n) is 3.67. The van der Waals surface area contributed by atoms with E-state index in [0.29, 0.717) is 0 Å². The Labute approximate surface area is 152 Å². The number of benzene rings is 1. The first-order chi connectivity index (χ1) is 12.1. The van der Waals surface area contributed by atoms with Gasteiger partial charge in [0.25, 0.3) is 5.91 Å². The molecular formula is C20H24N2O2S. The topological polar surface area (TPSA) is 41.6 Å². The van der Waals surface area contributed by atoms with Crippen LogP contribution in [0.5, 0.6) is 0 Å². The summed E-state index contributed by atoms with van der Waals surface area (Å²) in [4.78, 5) is 17.0. The Kier molecular flexibility index (Phi) is 4.63. The molecule has 1 aromatic carbocycles. The SMILES string of the molecule is C[C@@H](NC(=O)c1cc2c(s1)-c1ccccc1CC2)[C@H]1CN(C)CCO1. The van der Waals surface area contributed by atoms with Crippen LogP contribution in [0.2, 0.25) is 0 Å². The van der Waals surface area contributed by atoms with Crippen molar-refractivity contribution in [2.45, 2.75) is 31.9 Å². The molecule has 2 aromatic rings. The number of likely N-dealkylation sites (N-methyl/N-ethyl adjacent to an activating group) is 1. The second kappa shape index (κ2) is 6.90. The molecule has 1 fully saturated rings. The third-order valence-corrected chi connectivity index (χ3v) is 6.38. The zero-order chi connectivity index (χ0) is 17.4. The van der Waals surface area contributed by atoms with Crippen LogP contribution < -0.4 is 5.32 Å². The number of nitrogens with zero attached hydrogens (tertiary/aromatic N) is 1. The van der Waals surface area contributed by atoms with Crippen LogP contribution >= 0.6 is 11.3 Å². The summed E-state index contributed by atoms with van der Waals surface area (Å²) in [7, 11) is 2.09. The van der Waals surface area contributed by atoms with E-state index in [9.17, 15) is 4.79 Å². The number of hydrogen-bond donors (Lipinski definition) is 1. The zero-order valence-electron chi connectivity index (χ0n) is 14.7. The molecule has 4 nitrogen and oxygen atoms in total. The Bertz CT molecular complexity index is 786. The van der Waals surface area contributed by atoms with E-state index >= 15 is 0 Å². The van der Waals surface area contributed by atoms with Gasteiger partial charge in [0.2, 0.25) is 0 Å². The van der Waals surface area contributed by atoms with Gasteiger partial charge in [0.05, 0.1) is 23.6 Å². The Morgan fingerprint density at radius 3 is 2.96 bits per heavy atom. The number of ether oxygens (including phenoxy) is 1. The maximum absolute atomic E-state index is 12.7. The van der Waals surface area contributed by atoms with Gasteiger partial charge in [-0.25, -0.2) is 0 Å². The second-order valence-corrected chi connectivity index (χ2v) is 8.11. The summed E-state index contributed by atoms with van der Waals surface area (Å²) >= 11 is 1.61. The van der Waals surface area contributed by atoms with Crippen molar-refractivity contribution in [1.82, 2.24) is 10.2 Å². The van der Waals surface area contributed by atoms with E-state index in [2.05, 4.69) is 47.6 Å². The molecule has 2 atom stereocenters. The molecule has 0 unspecified atom stereocenters. The number of morpholine rings is 1. The largest absolute Gasteiger partial charge is 0.373 e. The molecule has 0 radical (unpaired) electrons. The average molecular weight is 356 g/mol. The standard InChI is InChI=1S/C20H24N2O2S/c1-13(17-12-22(2)9-10-24-17)21-20(23)18-11-15-8-7-14-5-3-4-6-16(14)19(15)25-18/h3-6,11,13,17H,7-10,12H2,1-2H3,(H,21,23)/t13-,17-/m1/s1. The summed E-state index contributed by atoms with van der Waals surface area (Å²) in [5.74, 6) is 0.0150. The summed E-state index contributed by atoms with van der Waals surface area (Å²) in [6.07, 6.45) is 2.12. The van der Waals surface area contributed by atoms with Gasteiger partial charge in [0, 0.05) is 18.0 Å². The maximum Gasteiger partial charge on any atom is 0.261 e. The molecule has 5 heteroatoms. The number of carbonyl (C=O) groups excluding carboxylic acids is 1. The maximum atomic E-state index is 12.7. The van der Waals surface area contributed by atoms with Crippen LogP contribution in [-0.4, -0.2) is 49.7 Å². The molecule has 1 amide bonds. The van der Waals surface area contributed by atoms with Gasteiger partial charge < -0.3 is 15.0 Å². The van der Waals surface area contributed by atoms with Crippen molar-refractivity contribution in [1.29, 1.82) is 0 Å². The predicted octanol–water partition coefficient (Wildman–Crippen LogP) is 2.96. The third kappa shape index (κ3) is 3.36. The zero-order valence-corrected chi connectivity index (χ0v) is 15.6. The molecule has 0 spiro atoms. The van der Waals surface area contributed by atoms with E-state index in [1.807, 2.05) is 6.92 Å². The fourth-order valence-corrected chi connectivity index (χ4v) is 4.84. The van der Waals surface area contributed by atoms with E-state index in [4.69, 9.17) is 4.74 Å². The Morgan fingerprint density at radius 1 is 1.32 bits per heavy atom. The van der Waals surface area contributed by atoms with E-state index in [0.717, 1.165) is 37.4 Å². The van der Waals surface area contributed by atoms with Crippen LogP contribution in [0.1, 0.15) is 27.7 Å². The lowest BCUT2D eigenvalue weighted by Gasteiger charge is -2.33. The molecule has 25 heavy (non-hydrogen) atoms. The highest BCUT2D eigenvalue weighted by molar-refractivity contribution is 7.17. The molecule has 1 saturated heterocycles. The summed E-state index contributed by atoms with van der Waals surface area (Å²) in [6.45, 7) is 4.57. The lowest BCUT2D eigenvalue weighted by molar-refractivity contribution is -0.0342. The molecule has 1 aliphatic carbocycles. The Morgan fingerprint density at radius 2 is 2.12 bits per heavy atom. The number of aryl methyl sites for hydroxylation is 2. The number of fused-ring (bicyclic) bond motifs is 3. The number of hydrogen-bond acceptors (Lipinski definition) is 4. The summed E-state index contributed by atoms with van der Waals surface area (Å²) in [5.41, 5.74) is 3.98. The van der Waals surface area contributed by atoms with Gasteiger partial charge in [-0.1, -0.05) is 24.3 Å². The van der Waals surface area contributed by atoms with Gasteiger partial charge in [-0.05, 0) is 49.6 Å². The minimum Gasteiger partial charge on any atom is -0.373 e. The fraction of sp³-hybridized carbons (Fsp3) is 0.450. The minimum atomic E-state index is 0.00154. The molecule has 132 valence electrons. The Balaban J connectivity index is 1.50. The van der Waals surface area contributed by atoms with Crippen molar-refractivity contribution in [3.05, 3.63) is 46.3 Å². The van der Waals surface area contributed by atoms with Gasteiger partial charge in [-0.2, -0.15) is 0 Å². The molecule has 1 aliphatic heterocycles. The van der Waals surface area contributed by atoms with Crippen molar-refractivity contribution < 1.29 is 9.53 Å². The first-order valence-electron chi connectivity index (χ1n) is 8.94. The van der Waals surface area contributed by atoms with Crippen molar-refractivity contribution >= 4 is 17.2 Å². The monoisotopic (exact) mass is 356 g/mol. The summed E-state index contributed by atoms with van der Waals surface area (Å²) in [5, 5.41) is 3.14. The van der Waals surface area contributed by atoms with E-state index in [1.54, 1.807) is 11.3 Å². The normalized spacial score (nSPS) is 21.3. The number of carbonyl (C=O) groups is 1. The van der Waals surface area contributed by atoms with E-state index < -0.39 is 0 Å². The highest BCUT2D eigenvalue weighted by Crippen LogP contribution is 2.39. The number of amides is 1. The van der Waals surface area contributed by atoms with Gasteiger partial charge in [-0.3, -0.25) is 4.79 Å². The van der Waals surface area contributed by atoms with E-state index in [1.165, 1.54) is 21.6 Å². The van der Waals surface area contributed by atoms with Gasteiger partial charge in [0.1, 0.15) is 0 Å². The number of rotatable bonds is 3. The molecule has 0 bridgehead atoms. The molecule has 4 rings (SSSR count). The lowest BCUT2D eigenvalue weighted by atomic mass is 9.91. The van der Waals surface area contributed by atoms with Gasteiger partial charge in [-0.15, -0.1) is 11.3 Å². The van der Waals surface area contributed by atoms with Crippen LogP contribution in [0.25, 0.3) is 10.4 Å². The van der Waals surface area contributed by atoms with Crippen LogP contribution in [0.15, 0.2) is 30.3 Å². The molecule has 1 aromatic heterocycles. The Hall–Kier alpha value is -1.69. The second-order valence-electron chi connectivity index (χ2n) is 7.06. The molecule has 2 aliphatic rings. The summed E-state index contributed by atoms with van der Waals surface area (Å²) < 4.78 is 5.82. The van der Waals surface area contributed by atoms with E-state index in [-0.39, 0.29) is 18.1 Å². The summed E-state index contributed by atoms with van der Waals surface area (Å²) in [6, 6.07) is 10.6. The van der Waals surface area contributed by atoms with Crippen molar-refractivity contribution in [3.63, 3.8) is 0 Å². The highest BCUT2D eigenvalue weighted by atomic mass is 32.1. The third-order valence-electron chi connectivity index (χ3n) is 5.17. The average Bonchev–Trinajstić information content (AvgIpc) is 3.06. The van der Waals surface area contributed by atoms with Gasteiger partial charge in [0.15, 0.2) is 0 Å². The first kappa shape index (κ1) is 16.8. The first-order valence-corrected chi connectivity index (χ1v) is 9.75. The van der Waals surface area contributed by atoms with Crippen molar-refractivity contribution in [2.24, 2.45) is 0 Å². The quantitative estimate of drug-likeness (QED) is 0.919. The predicted molar refractivity (Wildman–Crippen MR) is 101 cm³/mol. The molecular weight excluding hydrogens is 332 g/mol. The van der Waals surface area contributed by atoms with Crippen molar-refractivity contribution in [3.8, 4) is 10.4 Å². The molecule has 1 N–H and O–H groups in total. The van der Waals surface area contributed by atoms with Crippen LogP contribution in [0.3, 0.4) is 0 Å². The number of nitrogens with one attached hydrogen (secondary N) is 1. The van der Waals surface area contributed by atoms with Crippen LogP contribution in [0.4, 0.5) is 0 Å². The number of thiophene rings is 1. The van der Waals surface area contributed by atoms with Crippen LogP contribution in [0, 0.1) is 0 Å². The lowest BCUT2D eigenvalue weighted by Crippen LogP contribution is -2.51. The smallest absolute Gasteiger partial charge is 0.261 e.